The van der Waals surface area contributed by atoms with Crippen LogP contribution in [0.3, 0.4) is 0 Å². The Hall–Kier alpha value is 0.200. The van der Waals surface area contributed by atoms with E-state index in [0.29, 0.717) is 11.1 Å². The van der Waals surface area contributed by atoms with Crippen LogP contribution in [-0.4, -0.2) is 60.3 Å². The first-order chi connectivity index (χ1) is 7.71. The minimum atomic E-state index is 0.249. The highest BCUT2D eigenvalue weighted by molar-refractivity contribution is 6.36. The summed E-state index contributed by atoms with van der Waals surface area (Å²) in [5.74, 6) is 0. The molecule has 1 saturated heterocycles. The Morgan fingerprint density at radius 2 is 2.00 bits per heavy atom. The third-order valence-corrected chi connectivity index (χ3v) is 3.70. The van der Waals surface area contributed by atoms with Crippen molar-refractivity contribution >= 4 is 23.2 Å². The zero-order valence-electron chi connectivity index (χ0n) is 9.70. The van der Waals surface area contributed by atoms with E-state index < -0.39 is 0 Å². The van der Waals surface area contributed by atoms with E-state index in [1.807, 2.05) is 0 Å². The van der Waals surface area contributed by atoms with Crippen molar-refractivity contribution in [3.8, 4) is 0 Å². The van der Waals surface area contributed by atoms with Gasteiger partial charge in [-0.15, -0.1) is 0 Å². The molecule has 0 bridgehead atoms. The predicted molar refractivity (Wildman–Crippen MR) is 69.0 cm³/mol. The number of hydrogen-bond donors (Lipinski definition) is 1. The molecule has 1 aliphatic heterocycles. The fraction of sp³-hybridized carbons (Fsp3) is 0.818. The third kappa shape index (κ3) is 4.22. The van der Waals surface area contributed by atoms with Crippen molar-refractivity contribution in [1.82, 2.24) is 9.80 Å². The summed E-state index contributed by atoms with van der Waals surface area (Å²) in [7, 11) is 0. The summed E-state index contributed by atoms with van der Waals surface area (Å²) < 4.78 is 0. The van der Waals surface area contributed by atoms with Crippen molar-refractivity contribution in [1.29, 1.82) is 0 Å². The summed E-state index contributed by atoms with van der Waals surface area (Å²) in [4.78, 5) is 4.62. The van der Waals surface area contributed by atoms with Crippen LogP contribution in [0, 0.1) is 0 Å². The van der Waals surface area contributed by atoms with E-state index in [2.05, 4.69) is 16.7 Å². The Morgan fingerprint density at radius 1 is 1.38 bits per heavy atom. The van der Waals surface area contributed by atoms with Crippen molar-refractivity contribution in [3.05, 3.63) is 10.6 Å². The third-order valence-electron chi connectivity index (χ3n) is 3.10. The minimum Gasteiger partial charge on any atom is -0.395 e. The molecule has 5 heteroatoms. The van der Waals surface area contributed by atoms with Gasteiger partial charge in [-0.1, -0.05) is 30.1 Å². The van der Waals surface area contributed by atoms with Gasteiger partial charge in [0, 0.05) is 49.3 Å². The molecule has 0 aromatic carbocycles. The lowest BCUT2D eigenvalue weighted by molar-refractivity contribution is 0.0677. The van der Waals surface area contributed by atoms with E-state index in [-0.39, 0.29) is 6.61 Å². The lowest BCUT2D eigenvalue weighted by atomic mass is 10.1. The highest BCUT2D eigenvalue weighted by Gasteiger charge is 2.22. The van der Waals surface area contributed by atoms with Gasteiger partial charge >= 0.3 is 0 Å². The van der Waals surface area contributed by atoms with Crippen LogP contribution in [0.5, 0.6) is 0 Å². The van der Waals surface area contributed by atoms with E-state index in [9.17, 15) is 5.11 Å². The minimum absolute atomic E-state index is 0.249. The molecule has 1 unspecified atom stereocenters. The first-order valence-electron chi connectivity index (χ1n) is 5.73. The lowest BCUT2D eigenvalue weighted by Crippen LogP contribution is -2.51. The zero-order chi connectivity index (χ0) is 12.0. The van der Waals surface area contributed by atoms with E-state index in [1.54, 1.807) is 0 Å². The Balaban J connectivity index is 2.33. The van der Waals surface area contributed by atoms with Crippen molar-refractivity contribution in [2.45, 2.75) is 19.4 Å². The molecule has 0 aromatic heterocycles. The van der Waals surface area contributed by atoms with E-state index >= 15 is 0 Å². The molecule has 0 radical (unpaired) electrons. The highest BCUT2D eigenvalue weighted by Crippen LogP contribution is 2.12. The fourth-order valence-electron chi connectivity index (χ4n) is 2.04. The molecule has 1 rings (SSSR count). The van der Waals surface area contributed by atoms with Gasteiger partial charge in [-0.3, -0.25) is 9.80 Å². The van der Waals surface area contributed by atoms with Gasteiger partial charge < -0.3 is 5.11 Å². The van der Waals surface area contributed by atoms with Crippen molar-refractivity contribution < 1.29 is 5.11 Å². The fourth-order valence-corrected chi connectivity index (χ4v) is 2.28. The predicted octanol–water partition coefficient (Wildman–Crippen LogP) is 1.69. The Morgan fingerprint density at radius 3 is 2.44 bits per heavy atom. The van der Waals surface area contributed by atoms with Gasteiger partial charge in [0.15, 0.2) is 0 Å². The lowest BCUT2D eigenvalue weighted by Gasteiger charge is -2.38. The van der Waals surface area contributed by atoms with E-state index in [0.717, 1.165) is 39.1 Å². The van der Waals surface area contributed by atoms with Gasteiger partial charge in [0.05, 0.1) is 6.61 Å². The topological polar surface area (TPSA) is 26.7 Å². The largest absolute Gasteiger partial charge is 0.395 e. The van der Waals surface area contributed by atoms with Crippen LogP contribution >= 0.6 is 23.2 Å². The molecule has 3 nitrogen and oxygen atoms in total. The molecule has 0 amide bonds. The second-order valence-electron chi connectivity index (χ2n) is 4.11. The van der Waals surface area contributed by atoms with Gasteiger partial charge in [-0.25, -0.2) is 0 Å². The summed E-state index contributed by atoms with van der Waals surface area (Å²) in [6, 6.07) is 0.307. The number of aliphatic hydroxyl groups is 1. The summed E-state index contributed by atoms with van der Waals surface area (Å²) >= 11 is 11.4. The summed E-state index contributed by atoms with van der Waals surface area (Å²) in [5.41, 5.74) is 1.43. The smallest absolute Gasteiger partial charge is 0.0586 e. The second-order valence-corrected chi connectivity index (χ2v) is 4.82. The zero-order valence-corrected chi connectivity index (χ0v) is 11.2. The molecule has 16 heavy (non-hydrogen) atoms. The molecule has 0 aromatic rings. The molecule has 0 aliphatic carbocycles. The molecule has 1 heterocycles. The van der Waals surface area contributed by atoms with Gasteiger partial charge in [0.1, 0.15) is 0 Å². The van der Waals surface area contributed by atoms with Gasteiger partial charge in [0.2, 0.25) is 0 Å². The van der Waals surface area contributed by atoms with Crippen LogP contribution < -0.4 is 0 Å². The number of hydrogen-bond acceptors (Lipinski definition) is 3. The van der Waals surface area contributed by atoms with Gasteiger partial charge in [-0.2, -0.15) is 0 Å². The maximum atomic E-state index is 9.22. The molecule has 1 N–H and O–H groups in total. The van der Waals surface area contributed by atoms with Gasteiger partial charge in [-0.05, 0) is 6.42 Å². The molecule has 0 spiro atoms. The first kappa shape index (κ1) is 14.3. The van der Waals surface area contributed by atoms with Crippen LogP contribution in [0.25, 0.3) is 0 Å². The van der Waals surface area contributed by atoms with Crippen LogP contribution in [-0.2, 0) is 0 Å². The number of piperazine rings is 1. The normalized spacial score (nSPS) is 22.4. The van der Waals surface area contributed by atoms with E-state index in [1.165, 1.54) is 5.54 Å². The molecule has 1 aliphatic rings. The maximum Gasteiger partial charge on any atom is 0.0586 e. The van der Waals surface area contributed by atoms with Crippen LogP contribution in [0.15, 0.2) is 10.6 Å². The van der Waals surface area contributed by atoms with Crippen LogP contribution in [0.2, 0.25) is 0 Å². The number of halogens is 2. The summed E-state index contributed by atoms with van der Waals surface area (Å²) in [5, 5.41) is 9.91. The maximum absolute atomic E-state index is 9.22. The van der Waals surface area contributed by atoms with Crippen molar-refractivity contribution in [2.24, 2.45) is 0 Å². The monoisotopic (exact) mass is 266 g/mol. The van der Waals surface area contributed by atoms with Crippen molar-refractivity contribution in [3.63, 3.8) is 0 Å². The highest BCUT2D eigenvalue weighted by atomic mass is 35.5. The standard InChI is InChI=1S/C11H20Cl2N2O/c1-2-11(9-16)15-5-3-14(4-6-15)8-10(13)7-12/h7,11,16H,2-6,8-9H2,1H3. The Bertz CT molecular complexity index is 224. The summed E-state index contributed by atoms with van der Waals surface area (Å²) in [6.45, 7) is 7.04. The number of rotatable bonds is 5. The average molecular weight is 267 g/mol. The summed E-state index contributed by atoms with van der Waals surface area (Å²) in [6.07, 6.45) is 0.999. The molecule has 1 atom stereocenters. The average Bonchev–Trinajstić information content (AvgIpc) is 2.32. The SMILES string of the molecule is CCC(CO)N1CCN(CC(Cl)=CCl)CC1. The molecular weight excluding hydrogens is 247 g/mol. The first-order valence-corrected chi connectivity index (χ1v) is 6.54. The van der Waals surface area contributed by atoms with Crippen molar-refractivity contribution in [2.75, 3.05) is 39.3 Å². The molecule has 94 valence electrons. The molecule has 1 fully saturated rings. The quantitative estimate of drug-likeness (QED) is 0.821. The number of aliphatic hydroxyl groups excluding tert-OH is 1. The Kier molecular flexibility index (Phi) is 6.70. The molecular formula is C11H20Cl2N2O. The van der Waals surface area contributed by atoms with Gasteiger partial charge in [0.25, 0.3) is 0 Å². The van der Waals surface area contributed by atoms with Crippen LogP contribution in [0.4, 0.5) is 0 Å². The Labute approximate surface area is 108 Å². The number of nitrogens with zero attached hydrogens (tertiary/aromatic N) is 2. The van der Waals surface area contributed by atoms with Crippen LogP contribution in [0.1, 0.15) is 13.3 Å². The second kappa shape index (κ2) is 7.51. The van der Waals surface area contributed by atoms with E-state index in [4.69, 9.17) is 23.2 Å². The molecule has 0 saturated carbocycles.